The van der Waals surface area contributed by atoms with Crippen molar-refractivity contribution in [3.63, 3.8) is 0 Å². The third-order valence-electron chi connectivity index (χ3n) is 3.80. The molecular weight excluding hydrogens is 344 g/mol. The van der Waals surface area contributed by atoms with Crippen molar-refractivity contribution in [2.45, 2.75) is 13.1 Å². The molecule has 1 atom stereocenters. The van der Waals surface area contributed by atoms with Crippen molar-refractivity contribution in [1.82, 2.24) is 9.97 Å². The lowest BCUT2D eigenvalue weighted by Crippen LogP contribution is -2.43. The number of hydrogen-bond donors (Lipinski definition) is 1. The highest BCUT2D eigenvalue weighted by atomic mass is 35.5. The van der Waals surface area contributed by atoms with Crippen LogP contribution in [0.15, 0.2) is 48.0 Å². The third kappa shape index (κ3) is 2.53. The van der Waals surface area contributed by atoms with Crippen LogP contribution in [0.1, 0.15) is 27.2 Å². The van der Waals surface area contributed by atoms with Crippen LogP contribution in [0.2, 0.25) is 5.02 Å². The van der Waals surface area contributed by atoms with Gasteiger partial charge in [-0.1, -0.05) is 23.7 Å². The van der Waals surface area contributed by atoms with E-state index in [0.717, 1.165) is 16.4 Å². The summed E-state index contributed by atoms with van der Waals surface area (Å²) in [5.41, 5.74) is 2.19. The number of hydrogen-bond acceptors (Lipinski definition) is 5. The quantitative estimate of drug-likeness (QED) is 0.745. The first kappa shape index (κ1) is 15.1. The molecule has 1 aliphatic rings. The Bertz CT molecular complexity index is 909. The molecule has 0 saturated carbocycles. The van der Waals surface area contributed by atoms with Crippen molar-refractivity contribution < 1.29 is 4.79 Å². The maximum atomic E-state index is 13.1. The Hall–Kier alpha value is -2.44. The lowest BCUT2D eigenvalue weighted by atomic mass is 10.1. The van der Waals surface area contributed by atoms with Gasteiger partial charge in [-0.3, -0.25) is 9.69 Å². The Kier molecular flexibility index (Phi) is 3.70. The van der Waals surface area contributed by atoms with Gasteiger partial charge in [0.15, 0.2) is 6.17 Å². The summed E-state index contributed by atoms with van der Waals surface area (Å²) in [7, 11) is 0. The van der Waals surface area contributed by atoms with Gasteiger partial charge in [-0.15, -0.1) is 11.3 Å². The highest BCUT2D eigenvalue weighted by molar-refractivity contribution is 7.09. The average molecular weight is 357 g/mol. The molecule has 3 heterocycles. The van der Waals surface area contributed by atoms with Crippen molar-refractivity contribution in [3.8, 4) is 0 Å². The molecule has 120 valence electrons. The summed E-state index contributed by atoms with van der Waals surface area (Å²) in [6.07, 6.45) is 1.12. The zero-order valence-corrected chi connectivity index (χ0v) is 14.3. The van der Waals surface area contributed by atoms with Crippen molar-refractivity contribution in [1.29, 1.82) is 0 Å². The maximum Gasteiger partial charge on any atom is 0.263 e. The van der Waals surface area contributed by atoms with Gasteiger partial charge in [0.2, 0.25) is 0 Å². The van der Waals surface area contributed by atoms with Gasteiger partial charge in [-0.05, 0) is 31.2 Å². The summed E-state index contributed by atoms with van der Waals surface area (Å²) in [6.45, 7) is 1.94. The van der Waals surface area contributed by atoms with E-state index in [-0.39, 0.29) is 5.91 Å². The molecular formula is C17H13ClN4OS. The van der Waals surface area contributed by atoms with Gasteiger partial charge in [0.1, 0.15) is 5.82 Å². The maximum absolute atomic E-state index is 13.1. The number of amides is 1. The molecule has 5 nitrogen and oxygen atoms in total. The molecule has 1 unspecified atom stereocenters. The number of pyridine rings is 1. The zero-order chi connectivity index (χ0) is 16.7. The Labute approximate surface area is 147 Å². The standard InChI is InChI=1S/C17H13ClN4OS/c1-10-20-14(9-24-10)16-21-13-5-3-2-4-12(13)17(23)22(16)15-7-6-11(18)8-19-15/h2-9,16,21H,1H3. The third-order valence-corrected chi connectivity index (χ3v) is 4.82. The lowest BCUT2D eigenvalue weighted by molar-refractivity contribution is 0.0973. The van der Waals surface area contributed by atoms with Crippen molar-refractivity contribution in [3.05, 3.63) is 69.3 Å². The number of anilines is 2. The molecule has 1 N–H and O–H groups in total. The van der Waals surface area contributed by atoms with E-state index < -0.39 is 6.17 Å². The molecule has 0 fully saturated rings. The van der Waals surface area contributed by atoms with Crippen molar-refractivity contribution >= 4 is 40.4 Å². The van der Waals surface area contributed by atoms with Crippen LogP contribution in [-0.4, -0.2) is 15.9 Å². The van der Waals surface area contributed by atoms with E-state index in [2.05, 4.69) is 15.3 Å². The topological polar surface area (TPSA) is 58.1 Å². The number of aromatic nitrogens is 2. The Morgan fingerprint density at radius 2 is 2.08 bits per heavy atom. The fourth-order valence-corrected chi connectivity index (χ4v) is 3.46. The molecule has 24 heavy (non-hydrogen) atoms. The number of halogens is 1. The van der Waals surface area contributed by atoms with Gasteiger partial charge in [-0.2, -0.15) is 0 Å². The number of thiazole rings is 1. The summed E-state index contributed by atoms with van der Waals surface area (Å²) >= 11 is 7.48. The molecule has 1 aliphatic heterocycles. The van der Waals surface area contributed by atoms with Crippen LogP contribution in [0.25, 0.3) is 0 Å². The van der Waals surface area contributed by atoms with Crippen LogP contribution in [0, 0.1) is 6.92 Å². The first-order valence-electron chi connectivity index (χ1n) is 7.36. The normalized spacial score (nSPS) is 16.7. The summed E-state index contributed by atoms with van der Waals surface area (Å²) in [4.78, 5) is 23.6. The highest BCUT2D eigenvalue weighted by Gasteiger charge is 2.35. The largest absolute Gasteiger partial charge is 0.359 e. The number of benzene rings is 1. The molecule has 0 spiro atoms. The minimum Gasteiger partial charge on any atom is -0.359 e. The summed E-state index contributed by atoms with van der Waals surface area (Å²) in [5, 5.41) is 6.82. The van der Waals surface area contributed by atoms with Crippen LogP contribution in [0.3, 0.4) is 0 Å². The molecule has 1 amide bonds. The second-order valence-corrected chi connectivity index (χ2v) is 6.89. The number of nitrogens with one attached hydrogen (secondary N) is 1. The molecule has 0 aliphatic carbocycles. The number of carbonyl (C=O) groups is 1. The Morgan fingerprint density at radius 1 is 1.25 bits per heavy atom. The molecule has 2 aromatic heterocycles. The van der Waals surface area contributed by atoms with E-state index >= 15 is 0 Å². The molecule has 0 bridgehead atoms. The van der Waals surface area contributed by atoms with Gasteiger partial charge >= 0.3 is 0 Å². The van der Waals surface area contributed by atoms with E-state index in [9.17, 15) is 4.79 Å². The molecule has 7 heteroatoms. The van der Waals surface area contributed by atoms with E-state index in [0.29, 0.717) is 16.4 Å². The van der Waals surface area contributed by atoms with Crippen LogP contribution in [0.5, 0.6) is 0 Å². The summed E-state index contributed by atoms with van der Waals surface area (Å²) in [6, 6.07) is 10.9. The fraction of sp³-hybridized carbons (Fsp3) is 0.118. The smallest absolute Gasteiger partial charge is 0.263 e. The predicted octanol–water partition coefficient (Wildman–Crippen LogP) is 4.27. The summed E-state index contributed by atoms with van der Waals surface area (Å²) < 4.78 is 0. The number of rotatable bonds is 2. The van der Waals surface area contributed by atoms with Crippen LogP contribution < -0.4 is 10.2 Å². The number of carbonyl (C=O) groups excluding carboxylic acids is 1. The van der Waals surface area contributed by atoms with E-state index in [1.165, 1.54) is 6.20 Å². The van der Waals surface area contributed by atoms with Crippen molar-refractivity contribution in [2.75, 3.05) is 10.2 Å². The number of para-hydroxylation sites is 1. The second-order valence-electron chi connectivity index (χ2n) is 5.39. The van der Waals surface area contributed by atoms with Gasteiger partial charge in [0.25, 0.3) is 5.91 Å². The SMILES string of the molecule is Cc1nc(C2Nc3ccccc3C(=O)N2c2ccc(Cl)cn2)cs1. The predicted molar refractivity (Wildman–Crippen MR) is 95.7 cm³/mol. The molecule has 3 aromatic rings. The van der Waals surface area contributed by atoms with Crippen molar-refractivity contribution in [2.24, 2.45) is 0 Å². The van der Waals surface area contributed by atoms with E-state index in [1.54, 1.807) is 34.4 Å². The minimum absolute atomic E-state index is 0.116. The van der Waals surface area contributed by atoms with Crippen LogP contribution >= 0.6 is 22.9 Å². The monoisotopic (exact) mass is 356 g/mol. The molecule has 0 saturated heterocycles. The average Bonchev–Trinajstić information content (AvgIpc) is 3.02. The fourth-order valence-electron chi connectivity index (χ4n) is 2.71. The van der Waals surface area contributed by atoms with E-state index in [4.69, 9.17) is 11.6 Å². The molecule has 0 radical (unpaired) electrons. The minimum atomic E-state index is -0.411. The van der Waals surface area contributed by atoms with E-state index in [1.807, 2.05) is 30.5 Å². The Balaban J connectivity index is 1.85. The second kappa shape index (κ2) is 5.89. The van der Waals surface area contributed by atoms with Gasteiger partial charge in [-0.25, -0.2) is 9.97 Å². The lowest BCUT2D eigenvalue weighted by Gasteiger charge is -2.36. The Morgan fingerprint density at radius 3 is 2.79 bits per heavy atom. The van der Waals surface area contributed by atoms with Crippen LogP contribution in [0.4, 0.5) is 11.5 Å². The van der Waals surface area contributed by atoms with Gasteiger partial charge in [0, 0.05) is 17.3 Å². The summed E-state index contributed by atoms with van der Waals surface area (Å²) in [5.74, 6) is 0.414. The first-order chi connectivity index (χ1) is 11.6. The van der Waals surface area contributed by atoms with Crippen LogP contribution in [-0.2, 0) is 0 Å². The molecule has 1 aromatic carbocycles. The highest BCUT2D eigenvalue weighted by Crippen LogP contribution is 2.36. The molecule has 4 rings (SSSR count). The van der Waals surface area contributed by atoms with Gasteiger partial charge < -0.3 is 5.32 Å². The zero-order valence-electron chi connectivity index (χ0n) is 12.7. The number of nitrogens with zero attached hydrogens (tertiary/aromatic N) is 3. The van der Waals surface area contributed by atoms with Gasteiger partial charge in [0.05, 0.1) is 21.3 Å². The first-order valence-corrected chi connectivity index (χ1v) is 8.62. The number of fused-ring (bicyclic) bond motifs is 1. The number of aryl methyl sites for hydroxylation is 1.